The Morgan fingerprint density at radius 2 is 2.21 bits per heavy atom. The molecule has 110 valence electrons. The molecule has 0 bridgehead atoms. The predicted molar refractivity (Wildman–Crippen MR) is 71.1 cm³/mol. The van der Waals surface area contributed by atoms with Crippen molar-refractivity contribution >= 4 is 6.09 Å². The third kappa shape index (κ3) is 3.92. The van der Waals surface area contributed by atoms with E-state index in [4.69, 9.17) is 15.4 Å². The fraction of sp³-hybridized carbons (Fsp3) is 0.769. The van der Waals surface area contributed by atoms with Crippen molar-refractivity contribution in [3.05, 3.63) is 12.7 Å². The quantitative estimate of drug-likeness (QED) is 0.626. The van der Waals surface area contributed by atoms with Crippen LogP contribution in [0, 0.1) is 0 Å². The van der Waals surface area contributed by atoms with Crippen molar-refractivity contribution in [2.75, 3.05) is 6.61 Å². The van der Waals surface area contributed by atoms with Crippen LogP contribution in [0.4, 0.5) is 4.79 Å². The maximum Gasteiger partial charge on any atom is 0.429 e. The van der Waals surface area contributed by atoms with E-state index in [0.717, 1.165) is 0 Å². The molecule has 0 spiro atoms. The van der Waals surface area contributed by atoms with Crippen LogP contribution in [0.2, 0.25) is 0 Å². The third-order valence-electron chi connectivity index (χ3n) is 3.07. The Bertz CT molecular complexity index is 327. The summed E-state index contributed by atoms with van der Waals surface area (Å²) in [5, 5.41) is 0. The normalized spacial score (nSPS) is 27.7. The Labute approximate surface area is 114 Å². The topological polar surface area (TPSA) is 74.0 Å². The number of ether oxygens (including phenoxy) is 2. The molecule has 0 saturated carbocycles. The number of carbonyl (C=O) groups excluding carboxylic acids is 1. The number of nitrogens with zero attached hydrogens (tertiary/aromatic N) is 1. The summed E-state index contributed by atoms with van der Waals surface area (Å²) >= 11 is 0. The van der Waals surface area contributed by atoms with Crippen LogP contribution in [0.1, 0.15) is 34.1 Å². The van der Waals surface area contributed by atoms with E-state index < -0.39 is 11.6 Å². The lowest BCUT2D eigenvalue weighted by Crippen LogP contribution is -2.60. The molecule has 1 heterocycles. The Hall–Kier alpha value is -1.11. The molecule has 0 aromatic carbocycles. The molecule has 2 N–H and O–H groups in total. The number of nitrogens with two attached hydrogens (primary N) is 1. The number of amides is 1. The summed E-state index contributed by atoms with van der Waals surface area (Å²) in [6.07, 6.45) is 1.30. The van der Waals surface area contributed by atoms with Gasteiger partial charge in [0.1, 0.15) is 0 Å². The first-order chi connectivity index (χ1) is 8.81. The second-order valence-electron chi connectivity index (χ2n) is 5.62. The van der Waals surface area contributed by atoms with Crippen molar-refractivity contribution < 1.29 is 19.1 Å². The average molecular weight is 272 g/mol. The SMILES string of the molecule is C=CC[C@H]1OC[C@@H](N(C(=O)ON)C(C)(C)C)[C@@H](C)O1. The molecule has 1 aliphatic heterocycles. The second kappa shape index (κ2) is 6.36. The van der Waals surface area contributed by atoms with E-state index in [1.54, 1.807) is 11.0 Å². The van der Waals surface area contributed by atoms with Crippen molar-refractivity contribution in [2.45, 2.75) is 58.1 Å². The van der Waals surface area contributed by atoms with Crippen molar-refractivity contribution in [3.8, 4) is 0 Å². The van der Waals surface area contributed by atoms with Crippen molar-refractivity contribution in [3.63, 3.8) is 0 Å². The van der Waals surface area contributed by atoms with Gasteiger partial charge in [-0.1, -0.05) is 6.08 Å². The van der Waals surface area contributed by atoms with Gasteiger partial charge in [0.15, 0.2) is 6.29 Å². The van der Waals surface area contributed by atoms with Crippen LogP contribution in [0.5, 0.6) is 0 Å². The van der Waals surface area contributed by atoms with Crippen LogP contribution >= 0.6 is 0 Å². The van der Waals surface area contributed by atoms with Gasteiger partial charge in [0, 0.05) is 12.0 Å². The molecule has 19 heavy (non-hydrogen) atoms. The van der Waals surface area contributed by atoms with E-state index in [0.29, 0.717) is 13.0 Å². The maximum atomic E-state index is 11.9. The maximum absolute atomic E-state index is 11.9. The molecular formula is C13H24N2O4. The van der Waals surface area contributed by atoms with E-state index in [9.17, 15) is 4.79 Å². The van der Waals surface area contributed by atoms with Crippen LogP contribution < -0.4 is 5.90 Å². The Morgan fingerprint density at radius 1 is 1.58 bits per heavy atom. The van der Waals surface area contributed by atoms with Gasteiger partial charge in [-0.3, -0.25) is 4.90 Å². The summed E-state index contributed by atoms with van der Waals surface area (Å²) in [4.78, 5) is 17.8. The van der Waals surface area contributed by atoms with Crippen LogP contribution in [0.15, 0.2) is 12.7 Å². The first-order valence-electron chi connectivity index (χ1n) is 6.39. The van der Waals surface area contributed by atoms with Gasteiger partial charge in [0.2, 0.25) is 0 Å². The second-order valence-corrected chi connectivity index (χ2v) is 5.62. The van der Waals surface area contributed by atoms with Gasteiger partial charge in [0.25, 0.3) is 0 Å². The minimum Gasteiger partial charge on any atom is -0.357 e. The molecular weight excluding hydrogens is 248 g/mol. The highest BCUT2D eigenvalue weighted by Crippen LogP contribution is 2.26. The van der Waals surface area contributed by atoms with E-state index in [1.807, 2.05) is 27.7 Å². The number of rotatable bonds is 3. The molecule has 0 unspecified atom stereocenters. The molecule has 0 radical (unpaired) electrons. The minimum absolute atomic E-state index is 0.169. The van der Waals surface area contributed by atoms with Gasteiger partial charge in [-0.05, 0) is 27.7 Å². The highest BCUT2D eigenvalue weighted by atomic mass is 16.7. The molecule has 3 atom stereocenters. The third-order valence-corrected chi connectivity index (χ3v) is 3.07. The van der Waals surface area contributed by atoms with Crippen LogP contribution in [-0.4, -0.2) is 41.6 Å². The van der Waals surface area contributed by atoms with Crippen molar-refractivity contribution in [1.82, 2.24) is 4.90 Å². The first-order valence-corrected chi connectivity index (χ1v) is 6.39. The molecule has 1 amide bonds. The summed E-state index contributed by atoms with van der Waals surface area (Å²) in [6.45, 7) is 11.7. The molecule has 6 nitrogen and oxygen atoms in total. The van der Waals surface area contributed by atoms with E-state index in [1.165, 1.54) is 0 Å². The fourth-order valence-electron chi connectivity index (χ4n) is 2.22. The number of carbonyl (C=O) groups is 1. The monoisotopic (exact) mass is 272 g/mol. The zero-order valence-electron chi connectivity index (χ0n) is 12.1. The van der Waals surface area contributed by atoms with Crippen molar-refractivity contribution in [1.29, 1.82) is 0 Å². The van der Waals surface area contributed by atoms with E-state index >= 15 is 0 Å². The summed E-state index contributed by atoms with van der Waals surface area (Å²) < 4.78 is 11.3. The number of hydrogen-bond donors (Lipinski definition) is 1. The molecule has 6 heteroatoms. The lowest BCUT2D eigenvalue weighted by atomic mass is 10.0. The molecule has 1 aliphatic rings. The molecule has 0 aromatic rings. The molecule has 0 aromatic heterocycles. The molecule has 1 saturated heterocycles. The highest BCUT2D eigenvalue weighted by Gasteiger charge is 2.41. The van der Waals surface area contributed by atoms with Crippen LogP contribution in [0.3, 0.4) is 0 Å². The largest absolute Gasteiger partial charge is 0.429 e. The Kier molecular flexibility index (Phi) is 5.34. The molecule has 1 fully saturated rings. The zero-order chi connectivity index (χ0) is 14.6. The summed E-state index contributed by atoms with van der Waals surface area (Å²) in [6, 6.07) is -0.239. The highest BCUT2D eigenvalue weighted by molar-refractivity contribution is 5.68. The van der Waals surface area contributed by atoms with Gasteiger partial charge in [0.05, 0.1) is 18.8 Å². The van der Waals surface area contributed by atoms with Gasteiger partial charge < -0.3 is 14.3 Å². The lowest BCUT2D eigenvalue weighted by molar-refractivity contribution is -0.235. The summed E-state index contributed by atoms with van der Waals surface area (Å²) in [5.74, 6) is 5.01. The first kappa shape index (κ1) is 15.9. The average Bonchev–Trinajstić information content (AvgIpc) is 2.30. The molecule has 0 aliphatic carbocycles. The minimum atomic E-state index is -0.585. The Morgan fingerprint density at radius 3 is 2.63 bits per heavy atom. The molecule has 1 rings (SSSR count). The standard InChI is InChI=1S/C13H24N2O4/c1-6-7-11-17-8-10(9(2)18-11)15(12(16)19-14)13(3,4)5/h6,9-11H,1,7-8,14H2,2-5H3/t9-,10-,11+/m1/s1. The Balaban J connectivity index is 2.82. The van der Waals surface area contributed by atoms with E-state index in [-0.39, 0.29) is 18.4 Å². The van der Waals surface area contributed by atoms with Gasteiger partial charge >= 0.3 is 6.09 Å². The summed E-state index contributed by atoms with van der Waals surface area (Å²) in [5.41, 5.74) is -0.437. The smallest absolute Gasteiger partial charge is 0.357 e. The zero-order valence-corrected chi connectivity index (χ0v) is 12.1. The van der Waals surface area contributed by atoms with Crippen molar-refractivity contribution in [2.24, 2.45) is 5.90 Å². The lowest BCUT2D eigenvalue weighted by Gasteiger charge is -2.45. The van der Waals surface area contributed by atoms with Crippen LogP contribution in [-0.2, 0) is 14.3 Å². The number of hydrogen-bond acceptors (Lipinski definition) is 5. The van der Waals surface area contributed by atoms with Gasteiger partial charge in [-0.15, -0.1) is 6.58 Å². The summed E-state index contributed by atoms with van der Waals surface area (Å²) in [7, 11) is 0. The fourth-order valence-corrected chi connectivity index (χ4v) is 2.22. The van der Waals surface area contributed by atoms with Gasteiger partial charge in [-0.2, -0.15) is 5.90 Å². The van der Waals surface area contributed by atoms with E-state index in [2.05, 4.69) is 11.4 Å². The predicted octanol–water partition coefficient (Wildman–Crippen LogP) is 1.80. The van der Waals surface area contributed by atoms with Gasteiger partial charge in [-0.25, -0.2) is 4.79 Å². The van der Waals surface area contributed by atoms with Crippen LogP contribution in [0.25, 0.3) is 0 Å².